The number of nitrogens with zero attached hydrogens (tertiary/aromatic N) is 2. The van der Waals surface area contributed by atoms with Crippen molar-refractivity contribution >= 4 is 7.12 Å². The molecular formula is C50H71BN2O2. The minimum Gasteiger partial charge on any atom is -0.399 e. The van der Waals surface area contributed by atoms with E-state index >= 15 is 0 Å². The highest BCUT2D eigenvalue weighted by Gasteiger charge is 2.56. The SMILES string of the molecule is CC1(C)OB(C2=CC3C(CC=C2)N(C2=CCCCC2)C2C=CC(C4C=CC5C(C4)C4CCCCC4N5C4CCC=CC(C5C=CCCC5)C4)C[C@H]32)OC1(C)C. The first kappa shape index (κ1) is 37.2. The molecule has 10 rings (SSSR count). The summed E-state index contributed by atoms with van der Waals surface area (Å²) in [6.45, 7) is 8.77. The molecule has 0 spiro atoms. The van der Waals surface area contributed by atoms with E-state index in [0.29, 0.717) is 41.8 Å². The van der Waals surface area contributed by atoms with Gasteiger partial charge in [0.2, 0.25) is 0 Å². The van der Waals surface area contributed by atoms with Crippen molar-refractivity contribution in [1.82, 2.24) is 9.80 Å². The van der Waals surface area contributed by atoms with Crippen molar-refractivity contribution in [2.75, 3.05) is 0 Å². The van der Waals surface area contributed by atoms with E-state index in [2.05, 4.69) is 110 Å². The van der Waals surface area contributed by atoms with Gasteiger partial charge in [-0.15, -0.1) is 0 Å². The Bertz CT molecular complexity index is 1630. The zero-order valence-corrected chi connectivity index (χ0v) is 34.7. The summed E-state index contributed by atoms with van der Waals surface area (Å²) in [6.07, 6.45) is 54.0. The molecule has 3 aliphatic heterocycles. The first-order chi connectivity index (χ1) is 26.8. The van der Waals surface area contributed by atoms with E-state index in [1.165, 1.54) is 108 Å². The van der Waals surface area contributed by atoms with Gasteiger partial charge < -0.3 is 14.2 Å². The molecule has 10 aliphatic rings. The van der Waals surface area contributed by atoms with E-state index in [-0.39, 0.29) is 18.3 Å². The molecule has 55 heavy (non-hydrogen) atoms. The monoisotopic (exact) mass is 743 g/mol. The van der Waals surface area contributed by atoms with E-state index in [1.807, 2.05) is 0 Å². The van der Waals surface area contributed by atoms with Crippen LogP contribution in [0.2, 0.25) is 0 Å². The maximum absolute atomic E-state index is 6.68. The third kappa shape index (κ3) is 6.71. The van der Waals surface area contributed by atoms with Gasteiger partial charge in [0.15, 0.2) is 0 Å². The summed E-state index contributed by atoms with van der Waals surface area (Å²) in [7, 11) is -0.290. The Morgan fingerprint density at radius 3 is 2.15 bits per heavy atom. The zero-order chi connectivity index (χ0) is 37.3. The maximum Gasteiger partial charge on any atom is 0.494 e. The van der Waals surface area contributed by atoms with Gasteiger partial charge >= 0.3 is 7.12 Å². The number of hydrogen-bond donors (Lipinski definition) is 0. The average Bonchev–Trinajstić information content (AvgIpc) is 3.55. The second-order valence-corrected chi connectivity index (χ2v) is 20.8. The fourth-order valence-electron chi connectivity index (χ4n) is 13.9. The predicted octanol–water partition coefficient (Wildman–Crippen LogP) is 11.3. The van der Waals surface area contributed by atoms with Crippen molar-refractivity contribution in [2.24, 2.45) is 47.3 Å². The number of fused-ring (bicyclic) bond motifs is 6. The number of likely N-dealkylation sites (tertiary alicyclic amines) is 2. The smallest absolute Gasteiger partial charge is 0.399 e. The van der Waals surface area contributed by atoms with Crippen LogP contribution in [0, 0.1) is 47.3 Å². The van der Waals surface area contributed by atoms with Gasteiger partial charge in [-0.05, 0) is 171 Å². The molecule has 3 saturated heterocycles. The number of allylic oxidation sites excluding steroid dienone is 10. The highest BCUT2D eigenvalue weighted by Crippen LogP contribution is 2.55. The van der Waals surface area contributed by atoms with Crippen LogP contribution in [-0.2, 0) is 9.31 Å². The molecule has 296 valence electrons. The van der Waals surface area contributed by atoms with Gasteiger partial charge in [0, 0.05) is 35.8 Å². The van der Waals surface area contributed by atoms with Crippen LogP contribution in [-0.4, -0.2) is 58.3 Å². The zero-order valence-electron chi connectivity index (χ0n) is 34.7. The fourth-order valence-corrected chi connectivity index (χ4v) is 13.9. The average molecular weight is 743 g/mol. The lowest BCUT2D eigenvalue weighted by atomic mass is 9.66. The van der Waals surface area contributed by atoms with Gasteiger partial charge in [0.1, 0.15) is 0 Å². The van der Waals surface area contributed by atoms with Gasteiger partial charge in [0.25, 0.3) is 0 Å². The van der Waals surface area contributed by atoms with Gasteiger partial charge in [-0.1, -0.05) is 85.8 Å². The summed E-state index contributed by atoms with van der Waals surface area (Å²) >= 11 is 0. The molecule has 0 bridgehead atoms. The molecule has 0 aromatic heterocycles. The third-order valence-electron chi connectivity index (χ3n) is 17.4. The molecule has 0 aromatic rings. The van der Waals surface area contributed by atoms with E-state index in [9.17, 15) is 0 Å². The fraction of sp³-hybridized carbons (Fsp3) is 0.720. The molecule has 3 heterocycles. The van der Waals surface area contributed by atoms with Crippen molar-refractivity contribution in [2.45, 2.75) is 178 Å². The number of hydrogen-bond acceptors (Lipinski definition) is 4. The summed E-state index contributed by atoms with van der Waals surface area (Å²) in [5.74, 6) is 5.61. The summed E-state index contributed by atoms with van der Waals surface area (Å²) in [5.41, 5.74) is 2.23. The first-order valence-corrected chi connectivity index (χ1v) is 23.4. The Hall–Kier alpha value is -2.08. The Kier molecular flexibility index (Phi) is 10.1. The summed E-state index contributed by atoms with van der Waals surface area (Å²) in [4.78, 5) is 6.08. The molecule has 0 N–H and O–H groups in total. The summed E-state index contributed by atoms with van der Waals surface area (Å²) < 4.78 is 13.4. The molecule has 5 heteroatoms. The quantitative estimate of drug-likeness (QED) is 0.207. The molecule has 0 aromatic carbocycles. The van der Waals surface area contributed by atoms with Gasteiger partial charge in [-0.2, -0.15) is 0 Å². The third-order valence-corrected chi connectivity index (χ3v) is 17.4. The molecule has 13 atom stereocenters. The molecule has 4 nitrogen and oxygen atoms in total. The topological polar surface area (TPSA) is 24.9 Å². The second-order valence-electron chi connectivity index (χ2n) is 20.8. The largest absolute Gasteiger partial charge is 0.494 e. The summed E-state index contributed by atoms with van der Waals surface area (Å²) in [5, 5.41) is 0. The van der Waals surface area contributed by atoms with Crippen molar-refractivity contribution in [3.8, 4) is 0 Å². The van der Waals surface area contributed by atoms with Crippen LogP contribution in [0.25, 0.3) is 0 Å². The molecule has 0 radical (unpaired) electrons. The van der Waals surface area contributed by atoms with Crippen LogP contribution in [0.1, 0.15) is 137 Å². The van der Waals surface area contributed by atoms with Crippen LogP contribution >= 0.6 is 0 Å². The predicted molar refractivity (Wildman–Crippen MR) is 227 cm³/mol. The maximum atomic E-state index is 6.68. The first-order valence-electron chi connectivity index (χ1n) is 23.4. The molecule has 1 saturated carbocycles. The lowest BCUT2D eigenvalue weighted by Gasteiger charge is -2.42. The van der Waals surface area contributed by atoms with Crippen molar-refractivity contribution in [3.05, 3.63) is 84.1 Å². The Balaban J connectivity index is 0.919. The highest BCUT2D eigenvalue weighted by atomic mass is 16.7. The molecule has 7 aliphatic carbocycles. The van der Waals surface area contributed by atoms with Gasteiger partial charge in [-0.3, -0.25) is 4.90 Å². The normalized spacial score (nSPS) is 44.6. The molecule has 12 unspecified atom stereocenters. The van der Waals surface area contributed by atoms with Crippen molar-refractivity contribution < 1.29 is 9.31 Å². The number of rotatable bonds is 5. The minimum atomic E-state index is -0.326. The lowest BCUT2D eigenvalue weighted by molar-refractivity contribution is 0.00578. The second kappa shape index (κ2) is 14.9. The standard InChI is InChI=1S/C50H71BN2O2/c1-49(2)50(3,4)55-51(54-49)38-19-15-25-46-44(33-38)43-32-37(27-29-48(43)52(46)39-20-9-6-10-21-39)36-26-28-47-42(31-36)41-23-13-14-24-45(41)53(47)40-22-12-11-18-35(30-40)34-16-7-5-8-17-34/h7,11,15-16,18-20,26-29,33-37,40-48H,5-6,8-10,12-14,17,21-25,30-32H2,1-4H3/t34?,35?,36?,37?,40?,41?,42?,43-,44?,45?,46?,47?,48?/m1/s1. The van der Waals surface area contributed by atoms with Crippen LogP contribution in [0.15, 0.2) is 84.1 Å². The lowest BCUT2D eigenvalue weighted by Crippen LogP contribution is -2.47. The summed E-state index contributed by atoms with van der Waals surface area (Å²) in [6, 6.07) is 3.20. The minimum absolute atomic E-state index is 0.290. The van der Waals surface area contributed by atoms with Crippen LogP contribution < -0.4 is 0 Å². The Labute approximate surface area is 334 Å². The van der Waals surface area contributed by atoms with E-state index < -0.39 is 0 Å². The Morgan fingerprint density at radius 2 is 1.36 bits per heavy atom. The Morgan fingerprint density at radius 1 is 0.618 bits per heavy atom. The molecule has 0 amide bonds. The van der Waals surface area contributed by atoms with Crippen LogP contribution in [0.4, 0.5) is 0 Å². The highest BCUT2D eigenvalue weighted by molar-refractivity contribution is 6.55. The van der Waals surface area contributed by atoms with Gasteiger partial charge in [-0.25, -0.2) is 0 Å². The van der Waals surface area contributed by atoms with Crippen molar-refractivity contribution in [1.29, 1.82) is 0 Å². The molecule has 4 fully saturated rings. The molecular weight excluding hydrogens is 671 g/mol. The van der Waals surface area contributed by atoms with E-state index in [1.54, 1.807) is 5.70 Å². The van der Waals surface area contributed by atoms with Crippen LogP contribution in [0.3, 0.4) is 0 Å². The van der Waals surface area contributed by atoms with Crippen molar-refractivity contribution in [3.63, 3.8) is 0 Å². The van der Waals surface area contributed by atoms with Crippen LogP contribution in [0.5, 0.6) is 0 Å². The van der Waals surface area contributed by atoms with E-state index in [0.717, 1.165) is 42.2 Å². The van der Waals surface area contributed by atoms with Gasteiger partial charge in [0.05, 0.1) is 17.2 Å². The van der Waals surface area contributed by atoms with E-state index in [4.69, 9.17) is 9.31 Å².